The fourth-order valence-electron chi connectivity index (χ4n) is 5.94. The Hall–Kier alpha value is -1.52. The quantitative estimate of drug-likeness (QED) is 0.672. The van der Waals surface area contributed by atoms with E-state index in [0.29, 0.717) is 0 Å². The molecular formula is C20H23F3O2. The minimum atomic E-state index is -4.55. The minimum absolute atomic E-state index is 0.219. The third-order valence-electron chi connectivity index (χ3n) is 6.48. The van der Waals surface area contributed by atoms with Gasteiger partial charge in [-0.15, -0.1) is 0 Å². The minimum Gasteiger partial charge on any atom is -0.462 e. The summed E-state index contributed by atoms with van der Waals surface area (Å²) in [7, 11) is 0. The first-order chi connectivity index (χ1) is 11.8. The molecule has 0 atom stereocenters. The second-order valence-corrected chi connectivity index (χ2v) is 8.35. The molecule has 5 rings (SSSR count). The standard InChI is InChI=1S/C20H23F3O2/c21-20(22,23)17-4-2-1-3-16(17)18(24)25-6-5-19-10-13-7-14(11-19)9-15(8-13)12-19/h1-4,13-15H,5-12H2. The van der Waals surface area contributed by atoms with Crippen LogP contribution in [0.15, 0.2) is 24.3 Å². The van der Waals surface area contributed by atoms with Crippen molar-refractivity contribution < 1.29 is 22.7 Å². The van der Waals surface area contributed by atoms with Crippen LogP contribution in [0.1, 0.15) is 60.9 Å². The second-order valence-electron chi connectivity index (χ2n) is 8.35. The largest absolute Gasteiger partial charge is 0.462 e. The molecule has 4 aliphatic rings. The zero-order valence-corrected chi connectivity index (χ0v) is 14.1. The maximum absolute atomic E-state index is 13.0. The lowest BCUT2D eigenvalue weighted by Gasteiger charge is -2.57. The summed E-state index contributed by atoms with van der Waals surface area (Å²) in [6.45, 7) is 0.219. The zero-order valence-electron chi connectivity index (χ0n) is 14.1. The Morgan fingerprint density at radius 1 is 1.04 bits per heavy atom. The summed E-state index contributed by atoms with van der Waals surface area (Å²) in [4.78, 5) is 12.2. The Morgan fingerprint density at radius 2 is 1.60 bits per heavy atom. The first-order valence-electron chi connectivity index (χ1n) is 9.18. The smallest absolute Gasteiger partial charge is 0.417 e. The van der Waals surface area contributed by atoms with Crippen LogP contribution >= 0.6 is 0 Å². The van der Waals surface area contributed by atoms with E-state index in [1.54, 1.807) is 0 Å². The molecule has 0 unspecified atom stereocenters. The summed E-state index contributed by atoms with van der Waals surface area (Å²) in [5, 5.41) is 0. The molecule has 0 spiro atoms. The molecule has 0 radical (unpaired) electrons. The van der Waals surface area contributed by atoms with Crippen molar-refractivity contribution in [3.8, 4) is 0 Å². The van der Waals surface area contributed by atoms with Gasteiger partial charge in [-0.05, 0) is 80.2 Å². The molecule has 2 nitrogen and oxygen atoms in total. The molecule has 4 bridgehead atoms. The molecule has 0 aliphatic heterocycles. The number of alkyl halides is 3. The second kappa shape index (κ2) is 6.03. The molecular weight excluding hydrogens is 329 g/mol. The predicted octanol–water partition coefficient (Wildman–Crippen LogP) is 5.47. The number of carbonyl (C=O) groups excluding carboxylic acids is 1. The van der Waals surface area contributed by atoms with Crippen LogP contribution in [0.5, 0.6) is 0 Å². The summed E-state index contributed by atoms with van der Waals surface area (Å²) in [5.41, 5.74) is -1.05. The highest BCUT2D eigenvalue weighted by molar-refractivity contribution is 5.91. The summed E-state index contributed by atoms with van der Waals surface area (Å²) in [5.74, 6) is 1.58. The SMILES string of the molecule is O=C(OCCC12CC3CC(CC(C3)C1)C2)c1ccccc1C(F)(F)F. The molecule has 1 aromatic carbocycles. The first-order valence-corrected chi connectivity index (χ1v) is 9.18. The lowest BCUT2D eigenvalue weighted by molar-refractivity contribution is -0.138. The van der Waals surface area contributed by atoms with Crippen molar-refractivity contribution in [1.82, 2.24) is 0 Å². The van der Waals surface area contributed by atoms with Crippen molar-refractivity contribution >= 4 is 5.97 Å². The van der Waals surface area contributed by atoms with Gasteiger partial charge in [-0.2, -0.15) is 13.2 Å². The summed E-state index contributed by atoms with van der Waals surface area (Å²) >= 11 is 0. The van der Waals surface area contributed by atoms with Gasteiger partial charge in [-0.1, -0.05) is 12.1 Å². The number of esters is 1. The molecule has 4 saturated carbocycles. The van der Waals surface area contributed by atoms with Crippen LogP contribution in [0.2, 0.25) is 0 Å². The molecule has 136 valence electrons. The molecule has 0 heterocycles. The highest BCUT2D eigenvalue weighted by Crippen LogP contribution is 2.61. The molecule has 25 heavy (non-hydrogen) atoms. The van der Waals surface area contributed by atoms with Gasteiger partial charge in [0.15, 0.2) is 0 Å². The number of hydrogen-bond donors (Lipinski definition) is 0. The molecule has 5 heteroatoms. The molecule has 0 amide bonds. The van der Waals surface area contributed by atoms with E-state index in [-0.39, 0.29) is 17.6 Å². The van der Waals surface area contributed by atoms with E-state index >= 15 is 0 Å². The molecule has 0 aromatic heterocycles. The lowest BCUT2D eigenvalue weighted by atomic mass is 9.49. The maximum atomic E-state index is 13.0. The fourth-order valence-corrected chi connectivity index (χ4v) is 5.94. The highest BCUT2D eigenvalue weighted by atomic mass is 19.4. The van der Waals surface area contributed by atoms with Crippen molar-refractivity contribution in [3.05, 3.63) is 35.4 Å². The summed E-state index contributed by atoms with van der Waals surface area (Å²) < 4.78 is 44.3. The van der Waals surface area contributed by atoms with E-state index < -0.39 is 17.7 Å². The van der Waals surface area contributed by atoms with Crippen molar-refractivity contribution in [2.24, 2.45) is 23.2 Å². The Morgan fingerprint density at radius 3 is 2.16 bits per heavy atom. The number of rotatable bonds is 4. The lowest BCUT2D eigenvalue weighted by Crippen LogP contribution is -2.46. The third kappa shape index (κ3) is 3.30. The van der Waals surface area contributed by atoms with Gasteiger partial charge in [-0.3, -0.25) is 0 Å². The predicted molar refractivity (Wildman–Crippen MR) is 86.9 cm³/mol. The molecule has 0 saturated heterocycles. The normalized spacial score (nSPS) is 33.5. The fraction of sp³-hybridized carbons (Fsp3) is 0.650. The van der Waals surface area contributed by atoms with E-state index in [4.69, 9.17) is 4.74 Å². The summed E-state index contributed by atoms with van der Waals surface area (Å²) in [6, 6.07) is 4.84. The number of halogens is 3. The molecule has 4 fully saturated rings. The summed E-state index contributed by atoms with van der Waals surface area (Å²) in [6.07, 6.45) is 3.89. The zero-order chi connectivity index (χ0) is 17.7. The number of ether oxygens (including phenoxy) is 1. The Labute approximate surface area is 145 Å². The van der Waals surface area contributed by atoms with Gasteiger partial charge in [0.05, 0.1) is 17.7 Å². The van der Waals surface area contributed by atoms with Gasteiger partial charge < -0.3 is 4.74 Å². The third-order valence-corrected chi connectivity index (χ3v) is 6.48. The van der Waals surface area contributed by atoms with Crippen LogP contribution in [-0.4, -0.2) is 12.6 Å². The monoisotopic (exact) mass is 352 g/mol. The van der Waals surface area contributed by atoms with E-state index in [2.05, 4.69) is 0 Å². The van der Waals surface area contributed by atoms with Gasteiger partial charge in [0.2, 0.25) is 0 Å². The molecule has 1 aromatic rings. The van der Waals surface area contributed by atoms with Crippen LogP contribution in [0.25, 0.3) is 0 Å². The van der Waals surface area contributed by atoms with E-state index in [1.165, 1.54) is 56.7 Å². The van der Waals surface area contributed by atoms with Gasteiger partial charge in [-0.25, -0.2) is 4.79 Å². The van der Waals surface area contributed by atoms with Crippen molar-refractivity contribution in [2.75, 3.05) is 6.61 Å². The maximum Gasteiger partial charge on any atom is 0.417 e. The van der Waals surface area contributed by atoms with Crippen LogP contribution in [-0.2, 0) is 10.9 Å². The van der Waals surface area contributed by atoms with Crippen LogP contribution in [0.4, 0.5) is 13.2 Å². The molecule has 0 N–H and O–H groups in total. The Balaban J connectivity index is 1.39. The van der Waals surface area contributed by atoms with Crippen molar-refractivity contribution in [2.45, 2.75) is 51.1 Å². The highest BCUT2D eigenvalue weighted by Gasteiger charge is 2.50. The number of carbonyl (C=O) groups is 1. The van der Waals surface area contributed by atoms with Gasteiger partial charge in [0.25, 0.3) is 0 Å². The van der Waals surface area contributed by atoms with Crippen molar-refractivity contribution in [3.63, 3.8) is 0 Å². The van der Waals surface area contributed by atoms with Crippen LogP contribution in [0.3, 0.4) is 0 Å². The average Bonchev–Trinajstić information content (AvgIpc) is 2.52. The van der Waals surface area contributed by atoms with Crippen LogP contribution in [0, 0.1) is 23.2 Å². The van der Waals surface area contributed by atoms with Gasteiger partial charge in [0.1, 0.15) is 0 Å². The van der Waals surface area contributed by atoms with Gasteiger partial charge in [0, 0.05) is 0 Å². The van der Waals surface area contributed by atoms with Crippen LogP contribution < -0.4 is 0 Å². The first kappa shape index (κ1) is 16.9. The Kier molecular flexibility index (Phi) is 4.08. The molecule has 4 aliphatic carbocycles. The van der Waals surface area contributed by atoms with Crippen molar-refractivity contribution in [1.29, 1.82) is 0 Å². The average molecular weight is 352 g/mol. The van der Waals surface area contributed by atoms with Gasteiger partial charge >= 0.3 is 12.1 Å². The number of benzene rings is 1. The number of hydrogen-bond acceptors (Lipinski definition) is 2. The van der Waals surface area contributed by atoms with E-state index in [9.17, 15) is 18.0 Å². The van der Waals surface area contributed by atoms with E-state index in [1.807, 2.05) is 0 Å². The van der Waals surface area contributed by atoms with E-state index in [0.717, 1.165) is 30.2 Å². The topological polar surface area (TPSA) is 26.3 Å². The Bertz CT molecular complexity index is 630.